The molecule has 0 amide bonds. The molecule has 0 aliphatic heterocycles. The van der Waals surface area contributed by atoms with Gasteiger partial charge in [-0.05, 0) is 24.3 Å². The standard InChI is InChI=1S/C12H14F3NO3S/c1-2-7-16(8-9-17)10-3-5-11(6-4-10)20(18,19)12(13,14)15/h2-6,17H,1,7-9H2. The van der Waals surface area contributed by atoms with E-state index in [0.717, 1.165) is 12.1 Å². The molecule has 0 saturated carbocycles. The fraction of sp³-hybridized carbons (Fsp3) is 0.333. The van der Waals surface area contributed by atoms with E-state index in [2.05, 4.69) is 6.58 Å². The Balaban J connectivity index is 3.08. The first-order valence-electron chi connectivity index (χ1n) is 5.62. The number of anilines is 1. The smallest absolute Gasteiger partial charge is 0.395 e. The Hall–Kier alpha value is -1.54. The van der Waals surface area contributed by atoms with Gasteiger partial charge >= 0.3 is 5.51 Å². The van der Waals surface area contributed by atoms with Gasteiger partial charge in [-0.3, -0.25) is 0 Å². The van der Waals surface area contributed by atoms with Crippen molar-refractivity contribution in [2.45, 2.75) is 10.4 Å². The van der Waals surface area contributed by atoms with Crippen molar-refractivity contribution in [3.63, 3.8) is 0 Å². The SMILES string of the molecule is C=CCN(CCO)c1ccc(S(=O)(=O)C(F)(F)F)cc1. The van der Waals surface area contributed by atoms with Crippen LogP contribution in [0.2, 0.25) is 0 Å². The summed E-state index contributed by atoms with van der Waals surface area (Å²) in [6.07, 6.45) is 1.57. The molecule has 1 aromatic rings. The Kier molecular flexibility index (Phi) is 5.18. The van der Waals surface area contributed by atoms with E-state index >= 15 is 0 Å². The summed E-state index contributed by atoms with van der Waals surface area (Å²) in [6.45, 7) is 4.03. The molecule has 112 valence electrons. The van der Waals surface area contributed by atoms with Gasteiger partial charge in [0.25, 0.3) is 9.84 Å². The number of aliphatic hydroxyl groups is 1. The third-order valence-corrected chi connectivity index (χ3v) is 4.04. The van der Waals surface area contributed by atoms with Crippen LogP contribution in [0.25, 0.3) is 0 Å². The summed E-state index contributed by atoms with van der Waals surface area (Å²) >= 11 is 0. The quantitative estimate of drug-likeness (QED) is 0.816. The molecule has 0 bridgehead atoms. The lowest BCUT2D eigenvalue weighted by molar-refractivity contribution is -0.0436. The van der Waals surface area contributed by atoms with Crippen molar-refractivity contribution in [3.05, 3.63) is 36.9 Å². The number of nitrogens with zero attached hydrogens (tertiary/aromatic N) is 1. The second kappa shape index (κ2) is 6.27. The number of alkyl halides is 3. The van der Waals surface area contributed by atoms with E-state index in [1.165, 1.54) is 12.1 Å². The van der Waals surface area contributed by atoms with Crippen molar-refractivity contribution >= 4 is 15.5 Å². The first-order chi connectivity index (χ1) is 9.24. The number of hydrogen-bond acceptors (Lipinski definition) is 4. The van der Waals surface area contributed by atoms with Gasteiger partial charge in [-0.2, -0.15) is 13.2 Å². The summed E-state index contributed by atoms with van der Waals surface area (Å²) in [5.74, 6) is 0. The molecule has 0 unspecified atom stereocenters. The molecule has 8 heteroatoms. The highest BCUT2D eigenvalue weighted by Gasteiger charge is 2.46. The van der Waals surface area contributed by atoms with Gasteiger partial charge in [0.2, 0.25) is 0 Å². The highest BCUT2D eigenvalue weighted by molar-refractivity contribution is 7.92. The number of rotatable bonds is 6. The highest BCUT2D eigenvalue weighted by Crippen LogP contribution is 2.31. The van der Waals surface area contributed by atoms with Crippen molar-refractivity contribution in [1.29, 1.82) is 0 Å². The molecule has 1 N–H and O–H groups in total. The van der Waals surface area contributed by atoms with Crippen LogP contribution in [0.4, 0.5) is 18.9 Å². The largest absolute Gasteiger partial charge is 0.501 e. The Morgan fingerprint density at radius 2 is 1.80 bits per heavy atom. The minimum absolute atomic E-state index is 0.142. The second-order valence-corrected chi connectivity index (χ2v) is 5.84. The van der Waals surface area contributed by atoms with Gasteiger partial charge in [-0.15, -0.1) is 6.58 Å². The molecule has 20 heavy (non-hydrogen) atoms. The van der Waals surface area contributed by atoms with Crippen molar-refractivity contribution < 1.29 is 26.7 Å². The lowest BCUT2D eigenvalue weighted by atomic mass is 10.3. The number of halogens is 3. The van der Waals surface area contributed by atoms with E-state index in [1.54, 1.807) is 11.0 Å². The van der Waals surface area contributed by atoms with Crippen LogP contribution in [0.15, 0.2) is 41.8 Å². The third kappa shape index (κ3) is 3.51. The predicted octanol–water partition coefficient (Wildman–Crippen LogP) is 1.96. The molecule has 0 atom stereocenters. The van der Waals surface area contributed by atoms with Crippen molar-refractivity contribution in [3.8, 4) is 0 Å². The van der Waals surface area contributed by atoms with Gasteiger partial charge < -0.3 is 10.0 Å². The minimum Gasteiger partial charge on any atom is -0.395 e. The van der Waals surface area contributed by atoms with Crippen LogP contribution in [-0.2, 0) is 9.84 Å². The fourth-order valence-corrected chi connectivity index (χ4v) is 2.33. The topological polar surface area (TPSA) is 57.6 Å². The summed E-state index contributed by atoms with van der Waals surface area (Å²) in [5.41, 5.74) is -4.82. The molecule has 0 aromatic heterocycles. The molecular weight excluding hydrogens is 295 g/mol. The maximum absolute atomic E-state index is 12.4. The first-order valence-corrected chi connectivity index (χ1v) is 7.10. The van der Waals surface area contributed by atoms with Gasteiger partial charge in [0.15, 0.2) is 0 Å². The van der Waals surface area contributed by atoms with E-state index in [0.29, 0.717) is 12.2 Å². The van der Waals surface area contributed by atoms with Crippen molar-refractivity contribution in [2.24, 2.45) is 0 Å². The van der Waals surface area contributed by atoms with Crippen LogP contribution >= 0.6 is 0 Å². The molecular formula is C12H14F3NO3S. The molecule has 0 radical (unpaired) electrons. The normalized spacial score (nSPS) is 12.2. The van der Waals surface area contributed by atoms with Gasteiger partial charge in [-0.25, -0.2) is 8.42 Å². The summed E-state index contributed by atoms with van der Waals surface area (Å²) < 4.78 is 59.5. The second-order valence-electron chi connectivity index (χ2n) is 3.90. The molecule has 0 fully saturated rings. The zero-order valence-electron chi connectivity index (χ0n) is 10.5. The van der Waals surface area contributed by atoms with E-state index < -0.39 is 20.2 Å². The average molecular weight is 309 g/mol. The Labute approximate surface area is 115 Å². The van der Waals surface area contributed by atoms with Crippen LogP contribution in [-0.4, -0.2) is 38.7 Å². The number of aliphatic hydroxyl groups excluding tert-OH is 1. The van der Waals surface area contributed by atoms with Gasteiger partial charge in [0, 0.05) is 18.8 Å². The van der Waals surface area contributed by atoms with Gasteiger partial charge in [0.1, 0.15) is 0 Å². The van der Waals surface area contributed by atoms with Crippen molar-refractivity contribution in [2.75, 3.05) is 24.6 Å². The molecule has 0 saturated heterocycles. The Bertz CT molecular complexity index is 552. The van der Waals surface area contributed by atoms with Gasteiger partial charge in [-0.1, -0.05) is 6.08 Å². The van der Waals surface area contributed by atoms with Crippen LogP contribution < -0.4 is 4.90 Å². The maximum atomic E-state index is 12.4. The molecule has 4 nitrogen and oxygen atoms in total. The molecule has 1 rings (SSSR count). The zero-order valence-corrected chi connectivity index (χ0v) is 11.3. The fourth-order valence-electron chi connectivity index (χ4n) is 1.57. The number of benzene rings is 1. The lowest BCUT2D eigenvalue weighted by Crippen LogP contribution is -2.27. The van der Waals surface area contributed by atoms with E-state index in [9.17, 15) is 21.6 Å². The zero-order chi connectivity index (χ0) is 15.4. The third-order valence-electron chi connectivity index (χ3n) is 2.54. The van der Waals surface area contributed by atoms with Crippen LogP contribution in [0.5, 0.6) is 0 Å². The summed E-state index contributed by atoms with van der Waals surface area (Å²) in [7, 11) is -5.33. The Morgan fingerprint density at radius 3 is 2.20 bits per heavy atom. The van der Waals surface area contributed by atoms with Crippen molar-refractivity contribution in [1.82, 2.24) is 0 Å². The van der Waals surface area contributed by atoms with E-state index in [4.69, 9.17) is 5.11 Å². The lowest BCUT2D eigenvalue weighted by Gasteiger charge is -2.22. The van der Waals surface area contributed by atoms with Crippen LogP contribution in [0.3, 0.4) is 0 Å². The molecule has 1 aromatic carbocycles. The minimum atomic E-state index is -5.33. The monoisotopic (exact) mass is 309 g/mol. The molecule has 0 aliphatic carbocycles. The van der Waals surface area contributed by atoms with E-state index in [-0.39, 0.29) is 13.2 Å². The van der Waals surface area contributed by atoms with Crippen LogP contribution in [0.1, 0.15) is 0 Å². The molecule has 0 heterocycles. The van der Waals surface area contributed by atoms with Gasteiger partial charge in [0.05, 0.1) is 11.5 Å². The number of sulfone groups is 1. The summed E-state index contributed by atoms with van der Waals surface area (Å²) in [4.78, 5) is 0.841. The first kappa shape index (κ1) is 16.5. The highest BCUT2D eigenvalue weighted by atomic mass is 32.2. The predicted molar refractivity (Wildman–Crippen MR) is 69.2 cm³/mol. The average Bonchev–Trinajstić information content (AvgIpc) is 2.37. The Morgan fingerprint density at radius 1 is 1.25 bits per heavy atom. The summed E-state index contributed by atoms with van der Waals surface area (Å²) in [6, 6.07) is 4.31. The summed E-state index contributed by atoms with van der Waals surface area (Å²) in [5, 5.41) is 8.89. The maximum Gasteiger partial charge on any atom is 0.501 e. The van der Waals surface area contributed by atoms with Crippen LogP contribution in [0, 0.1) is 0 Å². The van der Waals surface area contributed by atoms with E-state index in [1.807, 2.05) is 0 Å². The number of hydrogen-bond donors (Lipinski definition) is 1. The molecule has 0 aliphatic rings. The molecule has 0 spiro atoms.